The van der Waals surface area contributed by atoms with Crippen molar-refractivity contribution in [2.75, 3.05) is 0 Å². The van der Waals surface area contributed by atoms with Gasteiger partial charge in [-0.1, -0.05) is 13.8 Å². The lowest BCUT2D eigenvalue weighted by Gasteiger charge is -2.16. The molecule has 2 atom stereocenters. The van der Waals surface area contributed by atoms with Gasteiger partial charge in [0.2, 0.25) is 0 Å². The lowest BCUT2D eigenvalue weighted by molar-refractivity contribution is -0.386. The van der Waals surface area contributed by atoms with Crippen LogP contribution < -0.4 is 0 Å². The van der Waals surface area contributed by atoms with Gasteiger partial charge < -0.3 is 0 Å². The van der Waals surface area contributed by atoms with Crippen molar-refractivity contribution in [1.82, 2.24) is 9.78 Å². The van der Waals surface area contributed by atoms with Crippen LogP contribution >= 0.6 is 11.6 Å². The van der Waals surface area contributed by atoms with Gasteiger partial charge >= 0.3 is 5.69 Å². The van der Waals surface area contributed by atoms with E-state index >= 15 is 0 Å². The predicted octanol–water partition coefficient (Wildman–Crippen LogP) is 3.01. The number of alkyl halides is 1. The number of hydrogen-bond acceptors (Lipinski definition) is 3. The zero-order chi connectivity index (χ0) is 13.2. The first-order chi connectivity index (χ1) is 7.93. The Morgan fingerprint density at radius 1 is 1.53 bits per heavy atom. The van der Waals surface area contributed by atoms with Gasteiger partial charge in [0.15, 0.2) is 0 Å². The summed E-state index contributed by atoms with van der Waals surface area (Å²) in [6.45, 7) is 5.70. The Bertz CT molecular complexity index is 415. The molecule has 0 aliphatic heterocycles. The quantitative estimate of drug-likeness (QED) is 0.464. The van der Waals surface area contributed by atoms with Crippen molar-refractivity contribution in [3.63, 3.8) is 0 Å². The fourth-order valence-electron chi connectivity index (χ4n) is 2.17. The molecule has 0 aliphatic carbocycles. The Labute approximate surface area is 106 Å². The van der Waals surface area contributed by atoms with Gasteiger partial charge in [0.1, 0.15) is 11.4 Å². The molecule has 17 heavy (non-hydrogen) atoms. The summed E-state index contributed by atoms with van der Waals surface area (Å²) in [6, 6.07) is 0. The molecule has 0 bridgehead atoms. The lowest BCUT2D eigenvalue weighted by atomic mass is 9.97. The van der Waals surface area contributed by atoms with Crippen LogP contribution in [0.2, 0.25) is 0 Å². The minimum atomic E-state index is -0.344. The molecule has 0 fully saturated rings. The van der Waals surface area contributed by atoms with Gasteiger partial charge in [-0.15, -0.1) is 11.6 Å². The highest BCUT2D eigenvalue weighted by atomic mass is 35.5. The maximum absolute atomic E-state index is 11.2. The highest BCUT2D eigenvalue weighted by molar-refractivity contribution is 6.20. The summed E-state index contributed by atoms with van der Waals surface area (Å²) >= 11 is 6.12. The summed E-state index contributed by atoms with van der Waals surface area (Å²) in [5.74, 6) is -0.0464. The number of nitrogens with zero attached hydrogens (tertiary/aromatic N) is 3. The molecule has 0 aliphatic rings. The number of rotatable bonds is 5. The number of hydrogen-bond donors (Lipinski definition) is 0. The van der Waals surface area contributed by atoms with Gasteiger partial charge in [0, 0.05) is 18.3 Å². The SMILES string of the molecule is CCc1nn(C)c(C(CC)C(C)Cl)c1[N+](=O)[O-]. The molecule has 0 saturated heterocycles. The summed E-state index contributed by atoms with van der Waals surface area (Å²) in [4.78, 5) is 10.8. The van der Waals surface area contributed by atoms with Crippen molar-refractivity contribution < 1.29 is 4.92 Å². The molecule has 0 radical (unpaired) electrons. The van der Waals surface area contributed by atoms with E-state index in [9.17, 15) is 10.1 Å². The van der Waals surface area contributed by atoms with Crippen LogP contribution in [0.3, 0.4) is 0 Å². The Morgan fingerprint density at radius 3 is 2.47 bits per heavy atom. The number of aromatic nitrogens is 2. The van der Waals surface area contributed by atoms with Crippen molar-refractivity contribution in [3.8, 4) is 0 Å². The molecule has 0 N–H and O–H groups in total. The molecule has 0 aromatic carbocycles. The molecule has 2 unspecified atom stereocenters. The Kier molecular flexibility index (Phi) is 4.51. The lowest BCUT2D eigenvalue weighted by Crippen LogP contribution is -2.14. The van der Waals surface area contributed by atoms with Crippen molar-refractivity contribution in [1.29, 1.82) is 0 Å². The van der Waals surface area contributed by atoms with E-state index in [1.165, 1.54) is 0 Å². The molecule has 96 valence electrons. The summed E-state index contributed by atoms with van der Waals surface area (Å²) in [6.07, 6.45) is 1.31. The Morgan fingerprint density at radius 2 is 2.12 bits per heavy atom. The van der Waals surface area contributed by atoms with Gasteiger partial charge in [0.05, 0.1) is 4.92 Å². The van der Waals surface area contributed by atoms with Crippen LogP contribution in [0.15, 0.2) is 0 Å². The van der Waals surface area contributed by atoms with Crippen molar-refractivity contribution in [2.24, 2.45) is 7.05 Å². The largest absolute Gasteiger partial charge is 0.313 e. The summed E-state index contributed by atoms with van der Waals surface area (Å²) < 4.78 is 1.60. The first-order valence-electron chi connectivity index (χ1n) is 5.78. The van der Waals surface area contributed by atoms with E-state index in [1.54, 1.807) is 11.7 Å². The van der Waals surface area contributed by atoms with E-state index in [2.05, 4.69) is 5.10 Å². The zero-order valence-corrected chi connectivity index (χ0v) is 11.4. The van der Waals surface area contributed by atoms with Crippen molar-refractivity contribution >= 4 is 17.3 Å². The average Bonchev–Trinajstić information content (AvgIpc) is 2.57. The molecule has 1 aromatic rings. The van der Waals surface area contributed by atoms with Gasteiger partial charge in [-0.2, -0.15) is 5.10 Å². The molecular weight excluding hydrogens is 242 g/mol. The molecule has 1 rings (SSSR count). The first-order valence-corrected chi connectivity index (χ1v) is 6.21. The van der Waals surface area contributed by atoms with E-state index in [4.69, 9.17) is 11.6 Å². The van der Waals surface area contributed by atoms with E-state index in [1.807, 2.05) is 20.8 Å². The Hall–Kier alpha value is -1.10. The standard InChI is InChI=1S/C11H18ClN3O2/c1-5-8(7(3)12)10-11(15(16)17)9(6-2)13-14(10)4/h7-8H,5-6H2,1-4H3. The second-order valence-corrected chi connectivity index (χ2v) is 4.80. The number of halogens is 1. The third-order valence-electron chi connectivity index (χ3n) is 3.00. The molecule has 0 amide bonds. The first kappa shape index (κ1) is 14.0. The number of aryl methyl sites for hydroxylation is 2. The van der Waals surface area contributed by atoms with E-state index in [0.717, 1.165) is 6.42 Å². The predicted molar refractivity (Wildman–Crippen MR) is 67.6 cm³/mol. The van der Waals surface area contributed by atoms with Gasteiger partial charge in [-0.05, 0) is 19.8 Å². The normalized spacial score (nSPS) is 14.6. The highest BCUT2D eigenvalue weighted by Gasteiger charge is 2.32. The van der Waals surface area contributed by atoms with E-state index in [-0.39, 0.29) is 21.9 Å². The molecule has 1 heterocycles. The van der Waals surface area contributed by atoms with Crippen LogP contribution in [-0.4, -0.2) is 20.1 Å². The third-order valence-corrected chi connectivity index (χ3v) is 3.30. The fourth-order valence-corrected chi connectivity index (χ4v) is 2.47. The van der Waals surface area contributed by atoms with Crippen LogP contribution in [0.5, 0.6) is 0 Å². The highest BCUT2D eigenvalue weighted by Crippen LogP contribution is 2.35. The third kappa shape index (κ3) is 2.60. The second-order valence-electron chi connectivity index (χ2n) is 4.11. The summed E-state index contributed by atoms with van der Waals surface area (Å²) in [5.41, 5.74) is 1.30. The van der Waals surface area contributed by atoms with Crippen molar-refractivity contribution in [2.45, 2.75) is 44.9 Å². The molecule has 1 aromatic heterocycles. The van der Waals surface area contributed by atoms with Crippen LogP contribution in [0.4, 0.5) is 5.69 Å². The monoisotopic (exact) mass is 259 g/mol. The topological polar surface area (TPSA) is 61.0 Å². The molecule has 0 spiro atoms. The Balaban J connectivity index is 3.39. The van der Waals surface area contributed by atoms with Crippen LogP contribution in [0.1, 0.15) is 44.5 Å². The maximum Gasteiger partial charge on any atom is 0.313 e. The van der Waals surface area contributed by atoms with Crippen molar-refractivity contribution in [3.05, 3.63) is 21.5 Å². The molecule has 0 saturated carbocycles. The number of nitro groups is 1. The maximum atomic E-state index is 11.2. The second kappa shape index (κ2) is 5.49. The van der Waals surface area contributed by atoms with Gasteiger partial charge in [-0.3, -0.25) is 14.8 Å². The van der Waals surface area contributed by atoms with Crippen LogP contribution in [0.25, 0.3) is 0 Å². The minimum absolute atomic E-state index is 0.0464. The van der Waals surface area contributed by atoms with Crippen LogP contribution in [-0.2, 0) is 13.5 Å². The zero-order valence-electron chi connectivity index (χ0n) is 10.6. The smallest absolute Gasteiger partial charge is 0.265 e. The summed E-state index contributed by atoms with van der Waals surface area (Å²) in [5, 5.41) is 15.2. The fraction of sp³-hybridized carbons (Fsp3) is 0.727. The molecular formula is C11H18ClN3O2. The summed E-state index contributed by atoms with van der Waals surface area (Å²) in [7, 11) is 1.74. The average molecular weight is 260 g/mol. The molecule has 6 heteroatoms. The van der Waals surface area contributed by atoms with Crippen LogP contribution in [0, 0.1) is 10.1 Å². The molecule has 5 nitrogen and oxygen atoms in total. The van der Waals surface area contributed by atoms with Gasteiger partial charge in [-0.25, -0.2) is 0 Å². The van der Waals surface area contributed by atoms with Gasteiger partial charge in [0.25, 0.3) is 0 Å². The van der Waals surface area contributed by atoms with E-state index < -0.39 is 0 Å². The van der Waals surface area contributed by atoms with E-state index in [0.29, 0.717) is 17.8 Å². The minimum Gasteiger partial charge on any atom is -0.265 e.